The first-order valence-corrected chi connectivity index (χ1v) is 13.2. The number of carbonyl (C=O) groups is 4. The largest absolute Gasteiger partial charge is 0.504 e. The van der Waals surface area contributed by atoms with E-state index in [4.69, 9.17) is 18.3 Å². The molecule has 0 saturated carbocycles. The number of hydrogen-bond donors (Lipinski definition) is 2. The number of fused-ring (bicyclic) bond motifs is 2. The minimum absolute atomic E-state index is 0.0937. The fraction of sp³-hybridized carbons (Fsp3) is 0.188. The molecular formula is C32H24O12. The number of methoxy groups -OCH3 is 2. The van der Waals surface area contributed by atoms with Crippen molar-refractivity contribution in [3.63, 3.8) is 0 Å². The molecule has 4 aromatic rings. The van der Waals surface area contributed by atoms with E-state index in [1.54, 1.807) is 24.3 Å². The number of esters is 2. The first-order valence-electron chi connectivity index (χ1n) is 13.2. The predicted octanol–water partition coefficient (Wildman–Crippen LogP) is 3.67. The Morgan fingerprint density at radius 3 is 1.39 bits per heavy atom. The third kappa shape index (κ3) is 5.06. The fourth-order valence-corrected chi connectivity index (χ4v) is 5.26. The summed E-state index contributed by atoms with van der Waals surface area (Å²) in [6.07, 6.45) is 0.598. The molecule has 0 amide bonds. The fourth-order valence-electron chi connectivity index (χ4n) is 5.26. The molecule has 1 aliphatic carbocycles. The lowest BCUT2D eigenvalue weighted by Gasteiger charge is -2.26. The number of para-hydroxylation sites is 2. The number of ketones is 2. The summed E-state index contributed by atoms with van der Waals surface area (Å²) in [5.41, 5.74) is -3.00. The zero-order chi connectivity index (χ0) is 31.7. The van der Waals surface area contributed by atoms with Crippen LogP contribution < -0.4 is 10.9 Å². The molecule has 0 spiro atoms. The molecule has 2 aromatic carbocycles. The zero-order valence-corrected chi connectivity index (χ0v) is 23.3. The standard InChI is InChI=1S/C32H24O12/c1-41-23(33)11-17(19-13-43-21-9-5-3-7-15(21)27(19)35)25-29(37)31(39)26(32(40)30(25)38)18(12-24(34)42-2)20-14-44-22-10-6-4-8-16(22)28(20)36/h3-10,13-14,17-18,37,40H,11-12H2,1-2H3. The highest BCUT2D eigenvalue weighted by molar-refractivity contribution is 6.24. The van der Waals surface area contributed by atoms with Crippen LogP contribution in [0.1, 0.15) is 35.8 Å². The van der Waals surface area contributed by atoms with E-state index in [0.29, 0.717) is 0 Å². The molecule has 2 aromatic heterocycles. The summed E-state index contributed by atoms with van der Waals surface area (Å²) in [6.45, 7) is 0. The van der Waals surface area contributed by atoms with Gasteiger partial charge in [0.25, 0.3) is 0 Å². The molecule has 0 bridgehead atoms. The number of Topliss-reactive ketones (excluding diaryl/α,β-unsaturated/α-hetero) is 2. The summed E-state index contributed by atoms with van der Waals surface area (Å²) in [5, 5.41) is 22.6. The normalized spacial score (nSPS) is 15.0. The van der Waals surface area contributed by atoms with Crippen LogP contribution in [0.25, 0.3) is 21.9 Å². The van der Waals surface area contributed by atoms with Gasteiger partial charge >= 0.3 is 11.9 Å². The van der Waals surface area contributed by atoms with Gasteiger partial charge in [-0.15, -0.1) is 0 Å². The highest BCUT2D eigenvalue weighted by atomic mass is 16.5. The van der Waals surface area contributed by atoms with Crippen LogP contribution in [0.5, 0.6) is 0 Å². The van der Waals surface area contributed by atoms with E-state index in [1.165, 1.54) is 24.3 Å². The van der Waals surface area contributed by atoms with Crippen molar-refractivity contribution in [1.29, 1.82) is 0 Å². The number of carbonyl (C=O) groups excluding carboxylic acids is 4. The van der Waals surface area contributed by atoms with Gasteiger partial charge in [-0.1, -0.05) is 24.3 Å². The molecule has 12 heteroatoms. The molecule has 12 nitrogen and oxygen atoms in total. The molecule has 1 aliphatic rings. The van der Waals surface area contributed by atoms with Crippen LogP contribution in [0.3, 0.4) is 0 Å². The van der Waals surface area contributed by atoms with Crippen LogP contribution >= 0.6 is 0 Å². The number of aliphatic hydroxyl groups excluding tert-OH is 2. The van der Waals surface area contributed by atoms with E-state index in [0.717, 1.165) is 26.7 Å². The van der Waals surface area contributed by atoms with Gasteiger partial charge in [0.15, 0.2) is 22.4 Å². The molecule has 224 valence electrons. The molecule has 2 atom stereocenters. The Kier molecular flexibility index (Phi) is 7.99. The van der Waals surface area contributed by atoms with E-state index >= 15 is 0 Å². The van der Waals surface area contributed by atoms with Gasteiger partial charge in [-0.3, -0.25) is 28.8 Å². The molecule has 0 fully saturated rings. The summed E-state index contributed by atoms with van der Waals surface area (Å²) in [4.78, 5) is 79.2. The second-order valence-corrected chi connectivity index (χ2v) is 9.88. The van der Waals surface area contributed by atoms with Gasteiger partial charge in [-0.2, -0.15) is 0 Å². The van der Waals surface area contributed by atoms with Crippen molar-refractivity contribution in [3.8, 4) is 0 Å². The smallest absolute Gasteiger partial charge is 0.306 e. The third-order valence-corrected chi connectivity index (χ3v) is 7.49. The van der Waals surface area contributed by atoms with Crippen molar-refractivity contribution in [2.24, 2.45) is 0 Å². The Hall–Kier alpha value is -5.78. The first kappa shape index (κ1) is 29.7. The Labute approximate surface area is 247 Å². The number of aliphatic hydroxyl groups is 2. The topological polar surface area (TPSA) is 188 Å². The van der Waals surface area contributed by atoms with E-state index in [9.17, 15) is 39.0 Å². The number of benzene rings is 2. The Morgan fingerprint density at radius 1 is 0.659 bits per heavy atom. The molecule has 0 radical (unpaired) electrons. The lowest BCUT2D eigenvalue weighted by atomic mass is 9.76. The zero-order valence-electron chi connectivity index (χ0n) is 23.3. The van der Waals surface area contributed by atoms with Crippen LogP contribution in [0.2, 0.25) is 0 Å². The van der Waals surface area contributed by atoms with Gasteiger partial charge in [0, 0.05) is 23.0 Å². The monoisotopic (exact) mass is 600 g/mol. The van der Waals surface area contributed by atoms with Gasteiger partial charge in [-0.05, 0) is 24.3 Å². The van der Waals surface area contributed by atoms with Crippen LogP contribution in [-0.4, -0.2) is 47.9 Å². The average Bonchev–Trinajstić information content (AvgIpc) is 3.03. The van der Waals surface area contributed by atoms with Gasteiger partial charge in [0.2, 0.25) is 11.6 Å². The molecule has 2 unspecified atom stereocenters. The highest BCUT2D eigenvalue weighted by Crippen LogP contribution is 2.40. The second-order valence-electron chi connectivity index (χ2n) is 9.88. The van der Waals surface area contributed by atoms with Gasteiger partial charge in [0.1, 0.15) is 11.2 Å². The van der Waals surface area contributed by atoms with Gasteiger partial charge in [0.05, 0.1) is 61.5 Å². The SMILES string of the molecule is COC(=O)CC(C1=C(O)C(=O)C(C(CC(=O)OC)c2coc3ccccc3c2=O)=C(O)C1=O)c1coc2ccccc2c1=O. The quantitative estimate of drug-likeness (QED) is 0.221. The van der Waals surface area contributed by atoms with Crippen molar-refractivity contribution in [1.82, 2.24) is 0 Å². The third-order valence-electron chi connectivity index (χ3n) is 7.49. The van der Waals surface area contributed by atoms with Crippen molar-refractivity contribution in [2.75, 3.05) is 14.2 Å². The van der Waals surface area contributed by atoms with Crippen molar-refractivity contribution < 1.29 is 47.7 Å². The minimum atomic E-state index is -1.59. The van der Waals surface area contributed by atoms with Crippen LogP contribution in [0.15, 0.2) is 102 Å². The lowest BCUT2D eigenvalue weighted by Crippen LogP contribution is -2.33. The maximum atomic E-state index is 13.8. The summed E-state index contributed by atoms with van der Waals surface area (Å²) >= 11 is 0. The lowest BCUT2D eigenvalue weighted by molar-refractivity contribution is -0.142. The van der Waals surface area contributed by atoms with Crippen LogP contribution in [0, 0.1) is 0 Å². The van der Waals surface area contributed by atoms with E-state index < -0.39 is 81.7 Å². The molecular weight excluding hydrogens is 576 g/mol. The second kappa shape index (κ2) is 11.8. The van der Waals surface area contributed by atoms with Crippen molar-refractivity contribution >= 4 is 45.4 Å². The molecule has 5 rings (SSSR count). The number of ether oxygens (including phenoxy) is 2. The van der Waals surface area contributed by atoms with E-state index in [1.807, 2.05) is 0 Å². The van der Waals surface area contributed by atoms with Crippen LogP contribution in [0.4, 0.5) is 0 Å². The summed E-state index contributed by atoms with van der Waals surface area (Å²) < 4.78 is 20.5. The van der Waals surface area contributed by atoms with Gasteiger partial charge < -0.3 is 28.5 Å². The molecule has 2 heterocycles. The van der Waals surface area contributed by atoms with Gasteiger partial charge in [-0.25, -0.2) is 0 Å². The van der Waals surface area contributed by atoms with Crippen molar-refractivity contribution in [3.05, 3.63) is 115 Å². The predicted molar refractivity (Wildman–Crippen MR) is 153 cm³/mol. The minimum Gasteiger partial charge on any atom is -0.504 e. The summed E-state index contributed by atoms with van der Waals surface area (Å²) in [6, 6.07) is 12.3. The number of hydrogen-bond acceptors (Lipinski definition) is 12. The Bertz CT molecular complexity index is 1890. The molecule has 44 heavy (non-hydrogen) atoms. The van der Waals surface area contributed by atoms with Crippen molar-refractivity contribution in [2.45, 2.75) is 24.7 Å². The van der Waals surface area contributed by atoms with E-state index in [-0.39, 0.29) is 33.1 Å². The van der Waals surface area contributed by atoms with Crippen LogP contribution in [-0.2, 0) is 28.7 Å². The molecule has 0 saturated heterocycles. The highest BCUT2D eigenvalue weighted by Gasteiger charge is 2.44. The summed E-state index contributed by atoms with van der Waals surface area (Å²) in [7, 11) is 2.12. The van der Waals surface area contributed by atoms with E-state index in [2.05, 4.69) is 0 Å². The molecule has 2 N–H and O–H groups in total. The molecule has 0 aliphatic heterocycles. The first-order chi connectivity index (χ1) is 21.1. The number of rotatable bonds is 8. The Balaban J connectivity index is 1.69. The number of allylic oxidation sites excluding steroid dienone is 2. The average molecular weight is 601 g/mol. The summed E-state index contributed by atoms with van der Waals surface area (Å²) in [5.74, 6) is -10.0. The Morgan fingerprint density at radius 2 is 1.02 bits per heavy atom. The maximum Gasteiger partial charge on any atom is 0.306 e. The maximum absolute atomic E-state index is 13.8.